The summed E-state index contributed by atoms with van der Waals surface area (Å²) >= 11 is 3.20. The Labute approximate surface area is 120 Å². The molecule has 2 rings (SSSR count). The molecule has 8 heteroatoms. The summed E-state index contributed by atoms with van der Waals surface area (Å²) < 4.78 is 38.1. The van der Waals surface area contributed by atoms with Crippen LogP contribution in [0.5, 0.6) is 0 Å². The van der Waals surface area contributed by atoms with Crippen molar-refractivity contribution in [3.63, 3.8) is 0 Å². The Kier molecular flexibility index (Phi) is 4.57. The summed E-state index contributed by atoms with van der Waals surface area (Å²) in [5, 5.41) is 0. The minimum Gasteiger partial charge on any atom is -0.378 e. The van der Waals surface area contributed by atoms with Crippen molar-refractivity contribution in [2.45, 2.75) is 16.9 Å². The predicted octanol–water partition coefficient (Wildman–Crippen LogP) is 0.928. The molecule has 1 aliphatic heterocycles. The van der Waals surface area contributed by atoms with Crippen LogP contribution in [0.3, 0.4) is 0 Å². The van der Waals surface area contributed by atoms with E-state index in [1.54, 1.807) is 7.11 Å². The molecule has 1 fully saturated rings. The van der Waals surface area contributed by atoms with E-state index in [0.29, 0.717) is 24.1 Å². The van der Waals surface area contributed by atoms with Gasteiger partial charge in [-0.05, 0) is 22.0 Å². The van der Waals surface area contributed by atoms with Crippen LogP contribution in [0.2, 0.25) is 0 Å². The molecule has 106 valence electrons. The summed E-state index contributed by atoms with van der Waals surface area (Å²) in [7, 11) is -2.04. The first kappa shape index (κ1) is 14.9. The van der Waals surface area contributed by atoms with Crippen molar-refractivity contribution in [3.8, 4) is 0 Å². The highest BCUT2D eigenvalue weighted by atomic mass is 79.9. The van der Waals surface area contributed by atoms with Gasteiger partial charge in [0, 0.05) is 43.5 Å². The standard InChI is InChI=1S/C11H15BrN2O4S/c1-17-11(2-3-18-8-11)7-14-19(15,16)10-4-9(12)5-13-6-10/h4-6,14H,2-3,7-8H2,1H3. The highest BCUT2D eigenvalue weighted by Crippen LogP contribution is 2.22. The van der Waals surface area contributed by atoms with E-state index in [9.17, 15) is 8.42 Å². The fourth-order valence-electron chi connectivity index (χ4n) is 1.81. The molecular weight excluding hydrogens is 336 g/mol. The van der Waals surface area contributed by atoms with E-state index < -0.39 is 15.6 Å². The molecule has 1 atom stereocenters. The average Bonchev–Trinajstić information content (AvgIpc) is 2.86. The average molecular weight is 351 g/mol. The number of rotatable bonds is 5. The second-order valence-corrected chi connectivity index (χ2v) is 7.04. The normalized spacial score (nSPS) is 23.7. The number of aromatic nitrogens is 1. The van der Waals surface area contributed by atoms with E-state index in [1.807, 2.05) is 0 Å². The maximum atomic E-state index is 12.1. The third-order valence-corrected chi connectivity index (χ3v) is 4.88. The predicted molar refractivity (Wildman–Crippen MR) is 72.3 cm³/mol. The molecule has 1 aliphatic rings. The number of hydrogen-bond donors (Lipinski definition) is 1. The molecule has 1 aromatic rings. The molecule has 0 aromatic carbocycles. The quantitative estimate of drug-likeness (QED) is 0.854. The van der Waals surface area contributed by atoms with Crippen LogP contribution in [0.15, 0.2) is 27.8 Å². The molecule has 0 saturated carbocycles. The summed E-state index contributed by atoms with van der Waals surface area (Å²) in [6, 6.07) is 1.50. The number of sulfonamides is 1. The second-order valence-electron chi connectivity index (χ2n) is 4.35. The molecule has 1 unspecified atom stereocenters. The first-order valence-corrected chi connectivity index (χ1v) is 7.98. The van der Waals surface area contributed by atoms with Crippen molar-refractivity contribution in [3.05, 3.63) is 22.9 Å². The third kappa shape index (κ3) is 3.51. The van der Waals surface area contributed by atoms with Gasteiger partial charge in [0.15, 0.2) is 0 Å². The molecule has 1 aromatic heterocycles. The van der Waals surface area contributed by atoms with Gasteiger partial charge in [-0.25, -0.2) is 13.1 Å². The topological polar surface area (TPSA) is 77.5 Å². The van der Waals surface area contributed by atoms with Gasteiger partial charge in [-0.3, -0.25) is 4.98 Å². The summed E-state index contributed by atoms with van der Waals surface area (Å²) in [5.74, 6) is 0. The lowest BCUT2D eigenvalue weighted by Crippen LogP contribution is -2.44. The Morgan fingerprint density at radius 1 is 1.58 bits per heavy atom. The van der Waals surface area contributed by atoms with E-state index in [1.165, 1.54) is 18.5 Å². The zero-order valence-electron chi connectivity index (χ0n) is 10.4. The summed E-state index contributed by atoms with van der Waals surface area (Å²) in [5.41, 5.74) is -0.577. The minimum absolute atomic E-state index is 0.118. The number of ether oxygens (including phenoxy) is 2. The number of hydrogen-bond acceptors (Lipinski definition) is 5. The summed E-state index contributed by atoms with van der Waals surface area (Å²) in [6.07, 6.45) is 3.50. The molecule has 1 saturated heterocycles. The Morgan fingerprint density at radius 2 is 2.37 bits per heavy atom. The number of pyridine rings is 1. The first-order valence-electron chi connectivity index (χ1n) is 5.71. The first-order chi connectivity index (χ1) is 8.97. The molecule has 19 heavy (non-hydrogen) atoms. The van der Waals surface area contributed by atoms with Gasteiger partial charge in [-0.1, -0.05) is 0 Å². The van der Waals surface area contributed by atoms with Crippen LogP contribution >= 0.6 is 15.9 Å². The summed E-state index contributed by atoms with van der Waals surface area (Å²) in [4.78, 5) is 3.96. The molecular formula is C11H15BrN2O4S. The molecule has 0 amide bonds. The Balaban J connectivity index is 2.09. The van der Waals surface area contributed by atoms with Gasteiger partial charge in [0.2, 0.25) is 10.0 Å². The van der Waals surface area contributed by atoms with Gasteiger partial charge in [0.25, 0.3) is 0 Å². The highest BCUT2D eigenvalue weighted by molar-refractivity contribution is 9.10. The number of nitrogens with one attached hydrogen (secondary N) is 1. The van der Waals surface area contributed by atoms with Crippen LogP contribution in [0.1, 0.15) is 6.42 Å². The number of halogens is 1. The monoisotopic (exact) mass is 350 g/mol. The molecule has 0 spiro atoms. The van der Waals surface area contributed by atoms with Gasteiger partial charge in [0.1, 0.15) is 10.5 Å². The van der Waals surface area contributed by atoms with Gasteiger partial charge in [-0.2, -0.15) is 0 Å². The van der Waals surface area contributed by atoms with Gasteiger partial charge in [-0.15, -0.1) is 0 Å². The van der Waals surface area contributed by atoms with E-state index in [0.717, 1.165) is 0 Å². The van der Waals surface area contributed by atoms with Crippen molar-refractivity contribution in [1.29, 1.82) is 0 Å². The number of methoxy groups -OCH3 is 1. The second kappa shape index (κ2) is 5.84. The van der Waals surface area contributed by atoms with Crippen molar-refractivity contribution in [2.75, 3.05) is 26.9 Å². The Hall–Kier alpha value is -0.540. The van der Waals surface area contributed by atoms with Crippen LogP contribution in [0, 0.1) is 0 Å². The fourth-order valence-corrected chi connectivity index (χ4v) is 3.43. The van der Waals surface area contributed by atoms with E-state index >= 15 is 0 Å². The van der Waals surface area contributed by atoms with Gasteiger partial charge < -0.3 is 9.47 Å². The third-order valence-electron chi connectivity index (χ3n) is 3.07. The molecule has 2 heterocycles. The lowest BCUT2D eigenvalue weighted by molar-refractivity contribution is -0.0120. The van der Waals surface area contributed by atoms with Crippen molar-refractivity contribution in [2.24, 2.45) is 0 Å². The SMILES string of the molecule is COC1(CNS(=O)(=O)c2cncc(Br)c2)CCOC1. The summed E-state index contributed by atoms with van der Waals surface area (Å²) in [6.45, 7) is 1.15. The Bertz CT molecular complexity index is 543. The van der Waals surface area contributed by atoms with Crippen LogP contribution in [0.4, 0.5) is 0 Å². The fraction of sp³-hybridized carbons (Fsp3) is 0.545. The smallest absolute Gasteiger partial charge is 0.242 e. The van der Waals surface area contributed by atoms with Crippen molar-refractivity contribution >= 4 is 26.0 Å². The molecule has 0 radical (unpaired) electrons. The van der Waals surface area contributed by atoms with Crippen molar-refractivity contribution < 1.29 is 17.9 Å². The van der Waals surface area contributed by atoms with Crippen LogP contribution in [-0.4, -0.2) is 45.9 Å². The lowest BCUT2D eigenvalue weighted by Gasteiger charge is -2.25. The molecule has 0 aliphatic carbocycles. The number of nitrogens with zero attached hydrogens (tertiary/aromatic N) is 1. The van der Waals surface area contributed by atoms with E-state index in [2.05, 4.69) is 25.6 Å². The maximum absolute atomic E-state index is 12.1. The van der Waals surface area contributed by atoms with Crippen LogP contribution in [0.25, 0.3) is 0 Å². The highest BCUT2D eigenvalue weighted by Gasteiger charge is 2.36. The minimum atomic E-state index is -3.60. The maximum Gasteiger partial charge on any atom is 0.242 e. The largest absolute Gasteiger partial charge is 0.378 e. The lowest BCUT2D eigenvalue weighted by atomic mass is 10.0. The van der Waals surface area contributed by atoms with E-state index in [4.69, 9.17) is 9.47 Å². The molecule has 1 N–H and O–H groups in total. The zero-order chi connectivity index (χ0) is 13.9. The zero-order valence-corrected chi connectivity index (χ0v) is 12.8. The van der Waals surface area contributed by atoms with Crippen LogP contribution < -0.4 is 4.72 Å². The molecule has 6 nitrogen and oxygen atoms in total. The van der Waals surface area contributed by atoms with Gasteiger partial charge in [0.05, 0.1) is 6.61 Å². The Morgan fingerprint density at radius 3 is 2.95 bits per heavy atom. The van der Waals surface area contributed by atoms with E-state index in [-0.39, 0.29) is 11.4 Å². The van der Waals surface area contributed by atoms with Crippen LogP contribution in [-0.2, 0) is 19.5 Å². The van der Waals surface area contributed by atoms with Gasteiger partial charge >= 0.3 is 0 Å². The van der Waals surface area contributed by atoms with Crippen molar-refractivity contribution in [1.82, 2.24) is 9.71 Å². The molecule has 0 bridgehead atoms.